The van der Waals surface area contributed by atoms with Gasteiger partial charge in [0.15, 0.2) is 12.4 Å². The Hall–Kier alpha value is -1.82. The Labute approximate surface area is 158 Å². The second-order valence-electron chi connectivity index (χ2n) is 6.35. The van der Waals surface area contributed by atoms with Gasteiger partial charge in [0.05, 0.1) is 12.6 Å². The topological polar surface area (TPSA) is 18.0 Å². The van der Waals surface area contributed by atoms with Crippen LogP contribution in [-0.4, -0.2) is 11.7 Å². The summed E-state index contributed by atoms with van der Waals surface area (Å²) >= 11 is 0. The van der Waals surface area contributed by atoms with Crippen LogP contribution >= 0.6 is 0 Å². The lowest BCUT2D eigenvalue weighted by atomic mass is 9.97. The first-order chi connectivity index (χ1) is 11.0. The molecule has 2 aromatic carbocycles. The number of ether oxygens (including phenoxy) is 1. The van der Waals surface area contributed by atoms with E-state index in [9.17, 15) is 0 Å². The van der Waals surface area contributed by atoms with Gasteiger partial charge in [-0.25, -0.2) is 4.57 Å². The summed E-state index contributed by atoms with van der Waals surface area (Å²) in [5.41, 5.74) is 5.22. The van der Waals surface area contributed by atoms with Gasteiger partial charge >= 0.3 is 0 Å². The second-order valence-corrected chi connectivity index (χ2v) is 6.35. The average Bonchev–Trinajstić information content (AvgIpc) is 2.85. The first-order valence-electron chi connectivity index (χ1n) is 7.87. The van der Waals surface area contributed by atoms with E-state index in [0.29, 0.717) is 0 Å². The third kappa shape index (κ3) is 2.19. The molecule has 0 saturated carbocycles. The molecule has 0 radical (unpaired) electrons. The van der Waals surface area contributed by atoms with Crippen molar-refractivity contribution in [2.45, 2.75) is 13.8 Å². The molecular formula is C20H21IN2O. The molecule has 0 aliphatic carbocycles. The zero-order valence-corrected chi connectivity index (χ0v) is 16.8. The lowest BCUT2D eigenvalue weighted by molar-refractivity contribution is -0.670. The Morgan fingerprint density at radius 2 is 1.75 bits per heavy atom. The molecule has 2 aromatic heterocycles. The zero-order valence-electron chi connectivity index (χ0n) is 14.6. The first-order valence-corrected chi connectivity index (χ1v) is 7.87. The van der Waals surface area contributed by atoms with Crippen LogP contribution in [0, 0.1) is 13.8 Å². The number of fused-ring (bicyclic) bond motifs is 4. The molecular weight excluding hydrogens is 411 g/mol. The van der Waals surface area contributed by atoms with Gasteiger partial charge in [-0.05, 0) is 48.6 Å². The van der Waals surface area contributed by atoms with Crippen molar-refractivity contribution in [1.29, 1.82) is 0 Å². The van der Waals surface area contributed by atoms with Gasteiger partial charge < -0.3 is 33.3 Å². The minimum Gasteiger partial charge on any atom is -1.00 e. The lowest BCUT2D eigenvalue weighted by Gasteiger charge is -2.09. The fourth-order valence-electron chi connectivity index (χ4n) is 3.86. The summed E-state index contributed by atoms with van der Waals surface area (Å²) < 4.78 is 9.87. The van der Waals surface area contributed by atoms with Crippen LogP contribution < -0.4 is 33.3 Å². The number of benzene rings is 2. The standard InChI is InChI=1S/C20H21N2O.HI/c1-12-17-11-21(3)9-8-15(17)13(2)20-19(12)16-10-14(23-5)6-7-18(16)22(20)4;/h6-11H,1-5H3;1H/q+1;/p-1. The predicted octanol–water partition coefficient (Wildman–Crippen LogP) is 0.939. The maximum atomic E-state index is 5.44. The number of hydrogen-bond donors (Lipinski definition) is 0. The zero-order chi connectivity index (χ0) is 16.3. The SMILES string of the molecule is COc1ccc2c(c1)c1c(C)c3c[n+](C)ccc3c(C)c1n2C.[I-]. The van der Waals surface area contributed by atoms with Crippen LogP contribution in [0.5, 0.6) is 5.75 Å². The van der Waals surface area contributed by atoms with Crippen molar-refractivity contribution in [1.82, 2.24) is 4.57 Å². The van der Waals surface area contributed by atoms with Crippen LogP contribution in [0.15, 0.2) is 36.7 Å². The maximum Gasteiger partial charge on any atom is 0.176 e. The normalized spacial score (nSPS) is 11.2. The molecule has 124 valence electrons. The van der Waals surface area contributed by atoms with Crippen molar-refractivity contribution < 1.29 is 33.3 Å². The van der Waals surface area contributed by atoms with Crippen LogP contribution in [0.25, 0.3) is 32.6 Å². The van der Waals surface area contributed by atoms with E-state index in [0.717, 1.165) is 5.75 Å². The van der Waals surface area contributed by atoms with E-state index in [2.05, 4.69) is 67.7 Å². The first kappa shape index (κ1) is 17.0. The van der Waals surface area contributed by atoms with E-state index in [1.165, 1.54) is 43.7 Å². The molecule has 0 bridgehead atoms. The third-order valence-electron chi connectivity index (χ3n) is 5.04. The van der Waals surface area contributed by atoms with Crippen LogP contribution in [0.3, 0.4) is 0 Å². The number of hydrogen-bond acceptors (Lipinski definition) is 1. The minimum atomic E-state index is 0. The van der Waals surface area contributed by atoms with E-state index in [1.807, 2.05) is 6.07 Å². The van der Waals surface area contributed by atoms with Gasteiger partial charge in [-0.2, -0.15) is 0 Å². The number of rotatable bonds is 1. The minimum absolute atomic E-state index is 0. The molecule has 4 rings (SSSR count). The van der Waals surface area contributed by atoms with Crippen LogP contribution in [0.1, 0.15) is 11.1 Å². The molecule has 0 aliphatic heterocycles. The molecule has 24 heavy (non-hydrogen) atoms. The highest BCUT2D eigenvalue weighted by Crippen LogP contribution is 2.38. The maximum absolute atomic E-state index is 5.44. The summed E-state index contributed by atoms with van der Waals surface area (Å²) in [4.78, 5) is 0. The van der Waals surface area contributed by atoms with Crippen molar-refractivity contribution in [3.63, 3.8) is 0 Å². The average molecular weight is 432 g/mol. The molecule has 0 N–H and O–H groups in total. The molecule has 0 amide bonds. The van der Waals surface area contributed by atoms with Gasteiger partial charge in [0.25, 0.3) is 0 Å². The van der Waals surface area contributed by atoms with Gasteiger partial charge in [-0.15, -0.1) is 0 Å². The van der Waals surface area contributed by atoms with E-state index in [1.54, 1.807) is 7.11 Å². The van der Waals surface area contributed by atoms with Crippen LogP contribution in [0.4, 0.5) is 0 Å². The third-order valence-corrected chi connectivity index (χ3v) is 5.04. The van der Waals surface area contributed by atoms with Crippen molar-refractivity contribution >= 4 is 32.6 Å². The Morgan fingerprint density at radius 1 is 1.00 bits per heavy atom. The van der Waals surface area contributed by atoms with E-state index < -0.39 is 0 Å². The summed E-state index contributed by atoms with van der Waals surface area (Å²) in [7, 11) is 5.95. The number of nitrogens with zero attached hydrogens (tertiary/aromatic N) is 2. The van der Waals surface area contributed by atoms with Gasteiger partial charge in [-0.3, -0.25) is 0 Å². The summed E-state index contributed by atoms with van der Waals surface area (Å²) in [5.74, 6) is 0.903. The number of pyridine rings is 1. The van der Waals surface area contributed by atoms with E-state index >= 15 is 0 Å². The number of aromatic nitrogens is 2. The number of halogens is 1. The molecule has 0 unspecified atom stereocenters. The van der Waals surface area contributed by atoms with Gasteiger partial charge in [-0.1, -0.05) is 0 Å². The molecule has 0 fully saturated rings. The van der Waals surface area contributed by atoms with Crippen LogP contribution in [0.2, 0.25) is 0 Å². The molecule has 4 aromatic rings. The summed E-state index contributed by atoms with van der Waals surface area (Å²) in [6, 6.07) is 8.55. The predicted molar refractivity (Wildman–Crippen MR) is 95.1 cm³/mol. The van der Waals surface area contributed by atoms with Crippen molar-refractivity contribution in [3.05, 3.63) is 47.8 Å². The number of aryl methyl sites for hydroxylation is 4. The fourth-order valence-corrected chi connectivity index (χ4v) is 3.86. The van der Waals surface area contributed by atoms with Crippen molar-refractivity contribution in [2.75, 3.05) is 7.11 Å². The second kappa shape index (κ2) is 5.92. The highest BCUT2D eigenvalue weighted by atomic mass is 127. The van der Waals surface area contributed by atoms with Crippen molar-refractivity contribution in [3.8, 4) is 5.75 Å². The lowest BCUT2D eigenvalue weighted by Crippen LogP contribution is -3.00. The van der Waals surface area contributed by atoms with Gasteiger partial charge in [0.1, 0.15) is 12.8 Å². The number of methoxy groups -OCH3 is 1. The Morgan fingerprint density at radius 3 is 2.46 bits per heavy atom. The highest BCUT2D eigenvalue weighted by Gasteiger charge is 2.18. The summed E-state index contributed by atoms with van der Waals surface area (Å²) in [5, 5.41) is 5.23. The molecule has 0 atom stereocenters. The molecule has 0 aliphatic rings. The van der Waals surface area contributed by atoms with Crippen molar-refractivity contribution in [2.24, 2.45) is 14.1 Å². The Bertz CT molecular complexity index is 1100. The van der Waals surface area contributed by atoms with E-state index in [4.69, 9.17) is 4.74 Å². The van der Waals surface area contributed by atoms with Gasteiger partial charge in [0, 0.05) is 34.8 Å². The Kier molecular flexibility index (Phi) is 4.20. The smallest absolute Gasteiger partial charge is 0.176 e. The van der Waals surface area contributed by atoms with Gasteiger partial charge in [0.2, 0.25) is 0 Å². The summed E-state index contributed by atoms with van der Waals surface area (Å²) in [6.45, 7) is 4.45. The molecule has 0 spiro atoms. The Balaban J connectivity index is 0.00000169. The van der Waals surface area contributed by atoms with E-state index in [-0.39, 0.29) is 24.0 Å². The molecule has 0 saturated heterocycles. The highest BCUT2D eigenvalue weighted by molar-refractivity contribution is 6.17. The fraction of sp³-hybridized carbons (Fsp3) is 0.250. The molecule has 4 heteroatoms. The molecule has 3 nitrogen and oxygen atoms in total. The molecule has 2 heterocycles. The summed E-state index contributed by atoms with van der Waals surface area (Å²) in [6.07, 6.45) is 4.34. The van der Waals surface area contributed by atoms with Crippen LogP contribution in [-0.2, 0) is 14.1 Å². The quantitative estimate of drug-likeness (QED) is 0.324. The largest absolute Gasteiger partial charge is 1.00 e. The monoisotopic (exact) mass is 432 g/mol.